The average Bonchev–Trinajstić information content (AvgIpc) is 2.50. The summed E-state index contributed by atoms with van der Waals surface area (Å²) in [6, 6.07) is 10.9. The van der Waals surface area contributed by atoms with Crippen LogP contribution in [0.5, 0.6) is 0 Å². The predicted molar refractivity (Wildman–Crippen MR) is 98.4 cm³/mol. The molecule has 0 aromatic heterocycles. The molecule has 1 aromatic carbocycles. The maximum atomic E-state index is 9.39. The van der Waals surface area contributed by atoms with Crippen molar-refractivity contribution in [1.29, 1.82) is 0 Å². The van der Waals surface area contributed by atoms with E-state index in [1.54, 1.807) is 0 Å². The highest BCUT2D eigenvalue weighted by Crippen LogP contribution is 2.21. The first kappa shape index (κ1) is 18.2. The van der Waals surface area contributed by atoms with Crippen LogP contribution in [0.4, 0.5) is 0 Å². The minimum atomic E-state index is 0.277. The van der Waals surface area contributed by atoms with Crippen LogP contribution in [-0.2, 0) is 0 Å². The normalized spacial score (nSPS) is 21.1. The van der Waals surface area contributed by atoms with Gasteiger partial charge in [0.2, 0.25) is 0 Å². The number of hydrogen-bond donors (Lipinski definition) is 1. The van der Waals surface area contributed by atoms with E-state index in [0.29, 0.717) is 11.5 Å². The highest BCUT2D eigenvalue weighted by Gasteiger charge is 2.28. The average molecular weight is 316 g/mol. The Hall–Kier alpha value is -1.16. The van der Waals surface area contributed by atoms with Crippen molar-refractivity contribution in [3.8, 4) is 0 Å². The summed E-state index contributed by atoms with van der Waals surface area (Å²) in [5.41, 5.74) is 1.56. The molecule has 1 N–H and O–H groups in total. The number of aliphatic hydroxyl groups is 1. The van der Waals surface area contributed by atoms with Gasteiger partial charge in [-0.3, -0.25) is 9.80 Å². The zero-order chi connectivity index (χ0) is 16.7. The topological polar surface area (TPSA) is 26.7 Å². The van der Waals surface area contributed by atoms with E-state index >= 15 is 0 Å². The van der Waals surface area contributed by atoms with Gasteiger partial charge < -0.3 is 5.11 Å². The molecule has 0 unspecified atom stereocenters. The molecule has 23 heavy (non-hydrogen) atoms. The number of hydrogen-bond acceptors (Lipinski definition) is 3. The van der Waals surface area contributed by atoms with E-state index in [4.69, 9.17) is 0 Å². The van der Waals surface area contributed by atoms with Crippen LogP contribution in [0.2, 0.25) is 0 Å². The molecule has 0 spiro atoms. The van der Waals surface area contributed by atoms with Crippen LogP contribution < -0.4 is 0 Å². The van der Waals surface area contributed by atoms with Crippen molar-refractivity contribution in [3.63, 3.8) is 0 Å². The van der Waals surface area contributed by atoms with Crippen molar-refractivity contribution < 1.29 is 5.11 Å². The van der Waals surface area contributed by atoms with Crippen LogP contribution in [0.25, 0.3) is 6.08 Å². The highest BCUT2D eigenvalue weighted by molar-refractivity contribution is 5.48. The fourth-order valence-corrected chi connectivity index (χ4v) is 3.27. The highest BCUT2D eigenvalue weighted by atomic mass is 16.3. The molecule has 0 saturated carbocycles. The Labute approximate surface area is 141 Å². The summed E-state index contributed by atoms with van der Waals surface area (Å²) in [4.78, 5) is 5.06. The third-order valence-corrected chi connectivity index (χ3v) is 4.30. The van der Waals surface area contributed by atoms with Crippen molar-refractivity contribution >= 4 is 6.08 Å². The zero-order valence-electron chi connectivity index (χ0n) is 14.9. The standard InChI is InChI=1S/C20H32N2O/c1-20(2,3)17-22-14-13-21(16-19(22)11-15-23)12-7-10-18-8-5-4-6-9-18/h4-10,19,23H,11-17H2,1-3H3/b10-7+/t19-/m1/s1. The van der Waals surface area contributed by atoms with Crippen LogP contribution in [0.15, 0.2) is 36.4 Å². The van der Waals surface area contributed by atoms with E-state index in [1.165, 1.54) is 5.56 Å². The van der Waals surface area contributed by atoms with Gasteiger partial charge in [-0.05, 0) is 17.4 Å². The third-order valence-electron chi connectivity index (χ3n) is 4.30. The van der Waals surface area contributed by atoms with E-state index in [9.17, 15) is 5.11 Å². The van der Waals surface area contributed by atoms with E-state index in [0.717, 1.165) is 39.1 Å². The van der Waals surface area contributed by atoms with Crippen molar-refractivity contribution in [1.82, 2.24) is 9.80 Å². The smallest absolute Gasteiger partial charge is 0.0446 e. The van der Waals surface area contributed by atoms with Gasteiger partial charge in [0.25, 0.3) is 0 Å². The molecule has 0 aliphatic carbocycles. The molecule has 3 heteroatoms. The third kappa shape index (κ3) is 6.46. The van der Waals surface area contributed by atoms with E-state index < -0.39 is 0 Å². The molecule has 1 saturated heterocycles. The summed E-state index contributed by atoms with van der Waals surface area (Å²) in [6.45, 7) is 12.5. The fraction of sp³-hybridized carbons (Fsp3) is 0.600. The molecule has 1 aliphatic heterocycles. The lowest BCUT2D eigenvalue weighted by Gasteiger charge is -2.43. The lowest BCUT2D eigenvalue weighted by molar-refractivity contribution is 0.0420. The molecule has 128 valence electrons. The van der Waals surface area contributed by atoms with Crippen LogP contribution >= 0.6 is 0 Å². The van der Waals surface area contributed by atoms with Gasteiger partial charge in [0.15, 0.2) is 0 Å². The van der Waals surface area contributed by atoms with Gasteiger partial charge in [-0.2, -0.15) is 0 Å². The second-order valence-electron chi connectivity index (χ2n) is 7.77. The van der Waals surface area contributed by atoms with Gasteiger partial charge in [-0.15, -0.1) is 0 Å². The van der Waals surface area contributed by atoms with Crippen molar-refractivity contribution in [3.05, 3.63) is 42.0 Å². The summed E-state index contributed by atoms with van der Waals surface area (Å²) in [5.74, 6) is 0. The quantitative estimate of drug-likeness (QED) is 0.873. The Balaban J connectivity index is 1.87. The second kappa shape index (κ2) is 8.62. The van der Waals surface area contributed by atoms with Gasteiger partial charge in [-0.1, -0.05) is 63.3 Å². The van der Waals surface area contributed by atoms with E-state index in [-0.39, 0.29) is 6.61 Å². The van der Waals surface area contributed by atoms with Crippen LogP contribution in [0.3, 0.4) is 0 Å². The first-order chi connectivity index (χ1) is 11.0. The number of rotatable bonds is 6. The van der Waals surface area contributed by atoms with Crippen molar-refractivity contribution in [2.45, 2.75) is 33.2 Å². The molecule has 3 nitrogen and oxygen atoms in total. The Bertz CT molecular complexity index is 478. The fourth-order valence-electron chi connectivity index (χ4n) is 3.27. The summed E-state index contributed by atoms with van der Waals surface area (Å²) in [7, 11) is 0. The van der Waals surface area contributed by atoms with Crippen LogP contribution in [0.1, 0.15) is 32.8 Å². The van der Waals surface area contributed by atoms with Gasteiger partial charge >= 0.3 is 0 Å². The second-order valence-corrected chi connectivity index (χ2v) is 7.77. The SMILES string of the molecule is CC(C)(C)CN1CCN(C/C=C/c2ccccc2)C[C@H]1CCO. The first-order valence-electron chi connectivity index (χ1n) is 8.77. The van der Waals surface area contributed by atoms with E-state index in [2.05, 4.69) is 67.0 Å². The predicted octanol–water partition coefficient (Wildman–Crippen LogP) is 3.11. The lowest BCUT2D eigenvalue weighted by Crippen LogP contribution is -2.55. The molecule has 1 heterocycles. The molecule has 1 aliphatic rings. The molecule has 1 atom stereocenters. The molecular weight excluding hydrogens is 284 g/mol. The molecular formula is C20H32N2O. The molecule has 0 bridgehead atoms. The molecule has 1 fully saturated rings. The maximum absolute atomic E-state index is 9.39. The van der Waals surface area contributed by atoms with Gasteiger partial charge in [-0.25, -0.2) is 0 Å². The molecule has 0 radical (unpaired) electrons. The van der Waals surface area contributed by atoms with Crippen molar-refractivity contribution in [2.24, 2.45) is 5.41 Å². The van der Waals surface area contributed by atoms with Gasteiger partial charge in [0.05, 0.1) is 0 Å². The number of aliphatic hydroxyl groups excluding tert-OH is 1. The minimum Gasteiger partial charge on any atom is -0.396 e. The maximum Gasteiger partial charge on any atom is 0.0446 e. The van der Waals surface area contributed by atoms with E-state index in [1.807, 2.05) is 6.07 Å². The minimum absolute atomic E-state index is 0.277. The molecule has 2 rings (SSSR count). The zero-order valence-corrected chi connectivity index (χ0v) is 14.9. The van der Waals surface area contributed by atoms with Crippen LogP contribution in [0, 0.1) is 5.41 Å². The number of piperazine rings is 1. The summed E-state index contributed by atoms with van der Waals surface area (Å²) >= 11 is 0. The first-order valence-corrected chi connectivity index (χ1v) is 8.77. The summed E-state index contributed by atoms with van der Waals surface area (Å²) < 4.78 is 0. The number of nitrogens with zero attached hydrogens (tertiary/aromatic N) is 2. The van der Waals surface area contributed by atoms with Crippen molar-refractivity contribution in [2.75, 3.05) is 39.3 Å². The van der Waals surface area contributed by atoms with Crippen LogP contribution in [-0.4, -0.2) is 60.3 Å². The number of benzene rings is 1. The Morgan fingerprint density at radius 1 is 1.17 bits per heavy atom. The largest absolute Gasteiger partial charge is 0.396 e. The Morgan fingerprint density at radius 3 is 2.57 bits per heavy atom. The molecule has 0 amide bonds. The monoisotopic (exact) mass is 316 g/mol. The summed E-state index contributed by atoms with van der Waals surface area (Å²) in [5, 5.41) is 9.39. The molecule has 1 aromatic rings. The summed E-state index contributed by atoms with van der Waals surface area (Å²) in [6.07, 6.45) is 5.32. The Kier molecular flexibility index (Phi) is 6.82. The lowest BCUT2D eigenvalue weighted by atomic mass is 9.94. The van der Waals surface area contributed by atoms with Gasteiger partial charge in [0.1, 0.15) is 0 Å². The van der Waals surface area contributed by atoms with Gasteiger partial charge in [0, 0.05) is 45.4 Å². The Morgan fingerprint density at radius 2 is 1.91 bits per heavy atom.